The first kappa shape index (κ1) is 15.0. The van der Waals surface area contributed by atoms with Crippen molar-refractivity contribution < 1.29 is 14.3 Å². The molecular formula is C13H24N2O3. The number of nitrogens with two attached hydrogens (primary N) is 1. The van der Waals surface area contributed by atoms with Gasteiger partial charge in [-0.25, -0.2) is 0 Å². The van der Waals surface area contributed by atoms with Gasteiger partial charge in [0.15, 0.2) is 0 Å². The Morgan fingerprint density at radius 3 is 2.50 bits per heavy atom. The maximum Gasteiger partial charge on any atom is 0.308 e. The zero-order valence-electron chi connectivity index (χ0n) is 11.4. The first-order valence-electron chi connectivity index (χ1n) is 6.66. The average Bonchev–Trinajstić information content (AvgIpc) is 2.43. The number of amides is 1. The second-order valence-electron chi connectivity index (χ2n) is 4.95. The van der Waals surface area contributed by atoms with E-state index in [9.17, 15) is 9.59 Å². The predicted octanol–water partition coefficient (Wildman–Crippen LogP) is 0.773. The minimum absolute atomic E-state index is 0.0308. The Morgan fingerprint density at radius 1 is 1.39 bits per heavy atom. The van der Waals surface area contributed by atoms with E-state index in [4.69, 9.17) is 10.5 Å². The summed E-state index contributed by atoms with van der Waals surface area (Å²) in [5.74, 6) is 0.0201. The number of carbonyl (C=O) groups is 2. The fourth-order valence-corrected chi connectivity index (χ4v) is 2.36. The standard InChI is InChI=1S/C13H24N2O3/c1-10(4-3-7-14)12(16)15-8-5-11(6-9-15)13(17)18-2/h10-11H,3-9,14H2,1-2H3. The van der Waals surface area contributed by atoms with E-state index in [-0.39, 0.29) is 23.7 Å². The first-order valence-corrected chi connectivity index (χ1v) is 6.66. The van der Waals surface area contributed by atoms with Crippen LogP contribution >= 0.6 is 0 Å². The van der Waals surface area contributed by atoms with Crippen LogP contribution < -0.4 is 5.73 Å². The Morgan fingerprint density at radius 2 is 2.00 bits per heavy atom. The molecule has 0 aromatic heterocycles. The van der Waals surface area contributed by atoms with Gasteiger partial charge in [-0.1, -0.05) is 6.92 Å². The minimum Gasteiger partial charge on any atom is -0.469 e. The maximum atomic E-state index is 12.1. The van der Waals surface area contributed by atoms with Gasteiger partial charge in [-0.3, -0.25) is 9.59 Å². The molecule has 1 rings (SSSR count). The molecule has 104 valence electrons. The molecule has 0 bridgehead atoms. The van der Waals surface area contributed by atoms with Crippen molar-refractivity contribution in [3.05, 3.63) is 0 Å². The lowest BCUT2D eigenvalue weighted by Gasteiger charge is -2.32. The fraction of sp³-hybridized carbons (Fsp3) is 0.846. The van der Waals surface area contributed by atoms with Gasteiger partial charge in [-0.15, -0.1) is 0 Å². The molecule has 2 N–H and O–H groups in total. The quantitative estimate of drug-likeness (QED) is 0.738. The molecule has 1 saturated heterocycles. The summed E-state index contributed by atoms with van der Waals surface area (Å²) in [7, 11) is 1.41. The van der Waals surface area contributed by atoms with Crippen LogP contribution in [0.2, 0.25) is 0 Å². The largest absolute Gasteiger partial charge is 0.469 e. The third-order valence-electron chi connectivity index (χ3n) is 3.60. The zero-order chi connectivity index (χ0) is 13.5. The Kier molecular flexibility index (Phi) is 6.12. The highest BCUT2D eigenvalue weighted by atomic mass is 16.5. The van der Waals surface area contributed by atoms with Crippen LogP contribution in [0.25, 0.3) is 0 Å². The van der Waals surface area contributed by atoms with Crippen molar-refractivity contribution in [3.8, 4) is 0 Å². The van der Waals surface area contributed by atoms with Gasteiger partial charge in [0.2, 0.25) is 5.91 Å². The predicted molar refractivity (Wildman–Crippen MR) is 68.8 cm³/mol. The highest BCUT2D eigenvalue weighted by Crippen LogP contribution is 2.20. The van der Waals surface area contributed by atoms with Gasteiger partial charge < -0.3 is 15.4 Å². The third-order valence-corrected chi connectivity index (χ3v) is 3.60. The van der Waals surface area contributed by atoms with Crippen molar-refractivity contribution in [2.75, 3.05) is 26.7 Å². The molecule has 1 heterocycles. The van der Waals surface area contributed by atoms with E-state index in [1.54, 1.807) is 0 Å². The van der Waals surface area contributed by atoms with E-state index >= 15 is 0 Å². The van der Waals surface area contributed by atoms with Crippen molar-refractivity contribution in [2.45, 2.75) is 32.6 Å². The van der Waals surface area contributed by atoms with E-state index in [1.807, 2.05) is 11.8 Å². The van der Waals surface area contributed by atoms with Gasteiger partial charge in [-0.2, -0.15) is 0 Å². The van der Waals surface area contributed by atoms with Gasteiger partial charge in [-0.05, 0) is 32.2 Å². The van der Waals surface area contributed by atoms with Crippen LogP contribution in [-0.2, 0) is 14.3 Å². The molecule has 0 aliphatic carbocycles. The van der Waals surface area contributed by atoms with Crippen LogP contribution in [0.4, 0.5) is 0 Å². The number of likely N-dealkylation sites (tertiary alicyclic amines) is 1. The topological polar surface area (TPSA) is 72.6 Å². The molecule has 18 heavy (non-hydrogen) atoms. The summed E-state index contributed by atoms with van der Waals surface area (Å²) in [5.41, 5.74) is 5.45. The van der Waals surface area contributed by atoms with Crippen molar-refractivity contribution in [2.24, 2.45) is 17.6 Å². The van der Waals surface area contributed by atoms with Crippen LogP contribution in [-0.4, -0.2) is 43.5 Å². The van der Waals surface area contributed by atoms with Crippen molar-refractivity contribution in [3.63, 3.8) is 0 Å². The first-order chi connectivity index (χ1) is 8.60. The van der Waals surface area contributed by atoms with Gasteiger partial charge >= 0.3 is 5.97 Å². The molecule has 0 aromatic carbocycles. The Hall–Kier alpha value is -1.10. The smallest absolute Gasteiger partial charge is 0.308 e. The lowest BCUT2D eigenvalue weighted by Crippen LogP contribution is -2.42. The van der Waals surface area contributed by atoms with Crippen LogP contribution in [0.3, 0.4) is 0 Å². The molecule has 1 unspecified atom stereocenters. The van der Waals surface area contributed by atoms with Crippen LogP contribution in [0.5, 0.6) is 0 Å². The summed E-state index contributed by atoms with van der Waals surface area (Å²) < 4.78 is 4.73. The molecule has 0 spiro atoms. The van der Waals surface area contributed by atoms with E-state index in [2.05, 4.69) is 0 Å². The number of nitrogens with zero attached hydrogens (tertiary/aromatic N) is 1. The van der Waals surface area contributed by atoms with Crippen LogP contribution in [0.1, 0.15) is 32.6 Å². The lowest BCUT2D eigenvalue weighted by atomic mass is 9.95. The lowest BCUT2D eigenvalue weighted by molar-refractivity contribution is -0.149. The fourth-order valence-electron chi connectivity index (χ4n) is 2.36. The van der Waals surface area contributed by atoms with Gasteiger partial charge in [0.25, 0.3) is 0 Å². The van der Waals surface area contributed by atoms with Gasteiger partial charge in [0.1, 0.15) is 0 Å². The second-order valence-corrected chi connectivity index (χ2v) is 4.95. The molecular weight excluding hydrogens is 232 g/mol. The molecule has 1 fully saturated rings. The third kappa shape index (κ3) is 3.98. The molecule has 5 heteroatoms. The van der Waals surface area contributed by atoms with Crippen LogP contribution in [0.15, 0.2) is 0 Å². The number of rotatable bonds is 5. The SMILES string of the molecule is COC(=O)C1CCN(C(=O)C(C)CCCN)CC1. The summed E-state index contributed by atoms with van der Waals surface area (Å²) >= 11 is 0. The molecule has 0 radical (unpaired) electrons. The monoisotopic (exact) mass is 256 g/mol. The van der Waals surface area contributed by atoms with Crippen molar-refractivity contribution in [1.29, 1.82) is 0 Å². The summed E-state index contributed by atoms with van der Waals surface area (Å²) in [6.07, 6.45) is 3.14. The van der Waals surface area contributed by atoms with E-state index in [0.29, 0.717) is 32.5 Å². The van der Waals surface area contributed by atoms with Crippen molar-refractivity contribution in [1.82, 2.24) is 4.90 Å². The average molecular weight is 256 g/mol. The Balaban J connectivity index is 2.37. The van der Waals surface area contributed by atoms with E-state index in [1.165, 1.54) is 7.11 Å². The number of ether oxygens (including phenoxy) is 1. The summed E-state index contributed by atoms with van der Waals surface area (Å²) in [4.78, 5) is 25.4. The van der Waals surface area contributed by atoms with E-state index < -0.39 is 0 Å². The normalized spacial score (nSPS) is 18.5. The van der Waals surface area contributed by atoms with Crippen LogP contribution in [0, 0.1) is 11.8 Å². The Bertz CT molecular complexity index is 286. The molecule has 1 aliphatic rings. The number of piperidine rings is 1. The molecule has 0 aromatic rings. The number of methoxy groups -OCH3 is 1. The highest BCUT2D eigenvalue weighted by Gasteiger charge is 2.29. The number of hydrogen-bond acceptors (Lipinski definition) is 4. The van der Waals surface area contributed by atoms with Gasteiger partial charge in [0, 0.05) is 19.0 Å². The molecule has 1 aliphatic heterocycles. The Labute approximate surface area is 109 Å². The van der Waals surface area contributed by atoms with Gasteiger partial charge in [0.05, 0.1) is 13.0 Å². The number of carbonyl (C=O) groups excluding carboxylic acids is 2. The summed E-state index contributed by atoms with van der Waals surface area (Å²) in [5, 5.41) is 0. The maximum absolute atomic E-state index is 12.1. The minimum atomic E-state index is -0.154. The summed E-state index contributed by atoms with van der Waals surface area (Å²) in [6.45, 7) is 3.89. The molecule has 5 nitrogen and oxygen atoms in total. The van der Waals surface area contributed by atoms with Crippen molar-refractivity contribution >= 4 is 11.9 Å². The summed E-state index contributed by atoms with van der Waals surface area (Å²) in [6, 6.07) is 0. The second kappa shape index (κ2) is 7.36. The molecule has 1 amide bonds. The van der Waals surface area contributed by atoms with E-state index in [0.717, 1.165) is 12.8 Å². The zero-order valence-corrected chi connectivity index (χ0v) is 11.4. The number of hydrogen-bond donors (Lipinski definition) is 1. The highest BCUT2D eigenvalue weighted by molar-refractivity contribution is 5.79. The molecule has 0 saturated carbocycles. The number of esters is 1. The molecule has 1 atom stereocenters.